The Morgan fingerprint density at radius 1 is 0.956 bits per heavy atom. The second-order valence-corrected chi connectivity index (χ2v) is 20.8. The molecule has 3 N–H and O–H groups in total. The quantitative estimate of drug-likeness (QED) is 0.162. The lowest BCUT2D eigenvalue weighted by molar-refractivity contribution is -0.137. The molecule has 0 amide bonds. The summed E-state index contributed by atoms with van der Waals surface area (Å²) in [7, 11) is -10.8. The summed E-state index contributed by atoms with van der Waals surface area (Å²) in [6.45, 7) is 7.01. The molecule has 1 unspecified atom stereocenters. The second-order valence-electron chi connectivity index (χ2n) is 12.9. The van der Waals surface area contributed by atoms with E-state index < -0.39 is 34.3 Å². The summed E-state index contributed by atoms with van der Waals surface area (Å²) in [5, 5.41) is 13.9. The third-order valence-electron chi connectivity index (χ3n) is 9.63. The first-order valence-corrected chi connectivity index (χ1v) is 21.4. The number of nitrogens with zero attached hydrogens (tertiary/aromatic N) is 3. The molecule has 0 fully saturated rings. The Morgan fingerprint density at radius 2 is 1.67 bits per heavy atom. The van der Waals surface area contributed by atoms with Gasteiger partial charge in [0, 0.05) is 49.7 Å². The first kappa shape index (κ1) is 33.7. The first-order chi connectivity index (χ1) is 21.2. The molecule has 246 valence electrons. The fourth-order valence-electron chi connectivity index (χ4n) is 7.60. The summed E-state index contributed by atoms with van der Waals surface area (Å²) in [6, 6.07) is 9.60. The Morgan fingerprint density at radius 3 is 2.36 bits per heavy atom. The number of hydrogen-bond acceptors (Lipinski definition) is 7. The molecule has 0 saturated carbocycles. The van der Waals surface area contributed by atoms with E-state index in [0.29, 0.717) is 32.4 Å². The predicted molar refractivity (Wildman–Crippen MR) is 177 cm³/mol. The number of carboxylic acids is 1. The lowest BCUT2D eigenvalue weighted by Crippen LogP contribution is -2.68. The molecule has 14 heteroatoms. The maximum atomic E-state index is 11.7. The highest BCUT2D eigenvalue weighted by Crippen LogP contribution is 2.37. The van der Waals surface area contributed by atoms with E-state index >= 15 is 0 Å². The topological polar surface area (TPSA) is 165 Å². The van der Waals surface area contributed by atoms with E-state index in [1.54, 1.807) is 0 Å². The van der Waals surface area contributed by atoms with Crippen molar-refractivity contribution in [1.82, 2.24) is 4.58 Å². The van der Waals surface area contributed by atoms with Gasteiger partial charge in [0.15, 0.2) is 0 Å². The van der Waals surface area contributed by atoms with Gasteiger partial charge in [0.05, 0.1) is 22.6 Å². The molecule has 5 rings (SSSR count). The Kier molecular flexibility index (Phi) is 9.90. The van der Waals surface area contributed by atoms with E-state index in [1.165, 1.54) is 21.5 Å². The molecular formula is C31H44N3O8S2Si+. The number of anilines is 1. The number of carbonyl (C=O) groups is 1. The molecule has 3 heterocycles. The number of carboxylic acid groups (broad SMARTS) is 1. The lowest BCUT2D eigenvalue weighted by atomic mass is 10.0. The molecule has 0 radical (unpaired) electrons. The van der Waals surface area contributed by atoms with E-state index in [4.69, 9.17) is 4.99 Å². The van der Waals surface area contributed by atoms with Crippen LogP contribution in [-0.4, -0.2) is 82.8 Å². The van der Waals surface area contributed by atoms with Crippen molar-refractivity contribution in [1.29, 1.82) is 0 Å². The molecule has 0 aromatic heterocycles. The van der Waals surface area contributed by atoms with Gasteiger partial charge in [0.1, 0.15) is 21.2 Å². The average molecular weight is 679 g/mol. The van der Waals surface area contributed by atoms with Crippen molar-refractivity contribution < 1.29 is 35.8 Å². The van der Waals surface area contributed by atoms with E-state index in [1.807, 2.05) is 0 Å². The third kappa shape index (κ3) is 7.51. The van der Waals surface area contributed by atoms with Crippen LogP contribution < -0.4 is 30.6 Å². The Hall–Kier alpha value is -2.65. The smallest absolute Gasteiger partial charge is 0.303 e. The van der Waals surface area contributed by atoms with Crippen LogP contribution in [0.25, 0.3) is 0 Å². The molecule has 2 aromatic carbocycles. The molecule has 3 aliphatic heterocycles. The molecular weight excluding hydrogens is 635 g/mol. The van der Waals surface area contributed by atoms with Gasteiger partial charge in [-0.1, -0.05) is 13.8 Å². The Balaban J connectivity index is 1.68. The standard InChI is InChI=1S/C31H43N3O8S2Si/c1-22(2)45(17-5-10-31(35)36)29-20-27-23(8-3-11-33(27)13-6-15-43(37,38)39)18-25(29)32-26-19-24-9-4-12-34(28(24)21-30(26)45)14-7-16-44(40,41)42/h18-22H,3-17H2,1-2H3,(H2-,35,36,37,38,39,40,41,42)/p+1. The van der Waals surface area contributed by atoms with Crippen molar-refractivity contribution in [2.24, 2.45) is 4.99 Å². The molecule has 45 heavy (non-hydrogen) atoms. The number of fused-ring (bicyclic) bond motifs is 4. The van der Waals surface area contributed by atoms with Gasteiger partial charge in [-0.15, -0.1) is 0 Å². The molecule has 0 spiro atoms. The zero-order chi connectivity index (χ0) is 32.6. The first-order valence-electron chi connectivity index (χ1n) is 15.9. The summed E-state index contributed by atoms with van der Waals surface area (Å²) >= 11 is 0. The van der Waals surface area contributed by atoms with Crippen LogP contribution in [-0.2, 0) is 37.9 Å². The van der Waals surface area contributed by atoms with Crippen molar-refractivity contribution in [2.45, 2.75) is 76.8 Å². The molecule has 0 bridgehead atoms. The van der Waals surface area contributed by atoms with Crippen LogP contribution in [0.2, 0.25) is 11.6 Å². The van der Waals surface area contributed by atoms with Crippen LogP contribution >= 0.6 is 0 Å². The minimum absolute atomic E-state index is 0.0721. The highest BCUT2D eigenvalue weighted by molar-refractivity contribution is 7.86. The van der Waals surface area contributed by atoms with Crippen molar-refractivity contribution in [3.05, 3.63) is 46.1 Å². The van der Waals surface area contributed by atoms with Gasteiger partial charge in [-0.3, -0.25) is 13.9 Å². The molecule has 3 aliphatic rings. The second kappa shape index (κ2) is 13.2. The fourth-order valence-corrected chi connectivity index (χ4v) is 13.9. The maximum absolute atomic E-state index is 11.7. The minimum atomic E-state index is -4.05. The van der Waals surface area contributed by atoms with Crippen LogP contribution in [0.4, 0.5) is 11.4 Å². The normalized spacial score (nSPS) is 19.4. The highest BCUT2D eigenvalue weighted by atomic mass is 32.2. The van der Waals surface area contributed by atoms with Gasteiger partial charge in [-0.25, -0.2) is 9.57 Å². The predicted octanol–water partition coefficient (Wildman–Crippen LogP) is 1.53. The van der Waals surface area contributed by atoms with E-state index in [0.717, 1.165) is 66.9 Å². The maximum Gasteiger partial charge on any atom is 0.303 e. The van der Waals surface area contributed by atoms with Crippen molar-refractivity contribution >= 4 is 56.0 Å². The average Bonchev–Trinajstić information content (AvgIpc) is 2.93. The van der Waals surface area contributed by atoms with Crippen molar-refractivity contribution in [3.8, 4) is 0 Å². The summed E-state index contributed by atoms with van der Waals surface area (Å²) in [5.74, 6) is -1.41. The summed E-state index contributed by atoms with van der Waals surface area (Å²) in [6.07, 6.45) is 4.86. The van der Waals surface area contributed by atoms with E-state index in [2.05, 4.69) is 47.6 Å². The molecule has 11 nitrogen and oxygen atoms in total. The monoisotopic (exact) mass is 678 g/mol. The van der Waals surface area contributed by atoms with Gasteiger partial charge in [0.2, 0.25) is 5.36 Å². The Bertz CT molecular complexity index is 1830. The lowest BCUT2D eigenvalue weighted by Gasteiger charge is -2.41. The van der Waals surface area contributed by atoms with Crippen LogP contribution in [0.5, 0.6) is 0 Å². The van der Waals surface area contributed by atoms with Crippen molar-refractivity contribution in [2.75, 3.05) is 42.6 Å². The molecule has 1 atom stereocenters. The zero-order valence-electron chi connectivity index (χ0n) is 26.0. The van der Waals surface area contributed by atoms with Gasteiger partial charge < -0.3 is 10.0 Å². The molecule has 0 saturated heterocycles. The van der Waals surface area contributed by atoms with Crippen LogP contribution in [0.15, 0.2) is 29.3 Å². The number of aryl methyl sites for hydroxylation is 2. The molecule has 2 aromatic rings. The van der Waals surface area contributed by atoms with E-state index in [-0.39, 0.29) is 23.5 Å². The van der Waals surface area contributed by atoms with Gasteiger partial charge in [-0.2, -0.15) is 16.8 Å². The number of benzene rings is 2. The Labute approximate surface area is 266 Å². The number of hydrogen-bond donors (Lipinski definition) is 3. The molecule has 0 aliphatic carbocycles. The van der Waals surface area contributed by atoms with Crippen LogP contribution in [0.1, 0.15) is 63.5 Å². The van der Waals surface area contributed by atoms with Gasteiger partial charge >= 0.3 is 5.97 Å². The SMILES string of the molecule is CC(C)[Si]1(CCCC(=O)O)c2cc3c(cc2N=c2cc4c(cc21)=[N+](CCCS(=O)(=O)O)CCC4)CCCN3CCCS(=O)(=O)O. The van der Waals surface area contributed by atoms with Crippen LogP contribution in [0, 0.1) is 0 Å². The zero-order valence-corrected chi connectivity index (χ0v) is 28.7. The summed E-state index contributed by atoms with van der Waals surface area (Å²) in [4.78, 5) is 19.1. The summed E-state index contributed by atoms with van der Waals surface area (Å²) in [5.41, 5.74) is 4.55. The van der Waals surface area contributed by atoms with Crippen LogP contribution in [0.3, 0.4) is 0 Å². The highest BCUT2D eigenvalue weighted by Gasteiger charge is 2.46. The number of rotatable bonds is 13. The van der Waals surface area contributed by atoms with Crippen molar-refractivity contribution in [3.63, 3.8) is 0 Å². The summed E-state index contributed by atoms with van der Waals surface area (Å²) < 4.78 is 66.4. The van der Waals surface area contributed by atoms with E-state index in [9.17, 15) is 35.8 Å². The van der Waals surface area contributed by atoms with Gasteiger partial charge in [0.25, 0.3) is 20.2 Å². The fraction of sp³-hybridized carbons (Fsp3) is 0.581. The number of aliphatic carboxylic acids is 1. The van der Waals surface area contributed by atoms with Gasteiger partial charge in [-0.05, 0) is 77.8 Å². The largest absolute Gasteiger partial charge is 0.481 e. The third-order valence-corrected chi connectivity index (χ3v) is 17.1. The minimum Gasteiger partial charge on any atom is -0.481 e.